The maximum Gasteiger partial charge on any atom is 0.344 e. The van der Waals surface area contributed by atoms with Crippen molar-refractivity contribution >= 4 is 41.0 Å². The lowest BCUT2D eigenvalue weighted by molar-refractivity contribution is -0.132. The smallest absolute Gasteiger partial charge is 0.318 e. The van der Waals surface area contributed by atoms with Gasteiger partial charge in [-0.15, -0.1) is 0 Å². The number of nitrogens with zero attached hydrogens (tertiary/aromatic N) is 1. The number of carbonyl (C=O) groups excluding carboxylic acids is 3. The van der Waals surface area contributed by atoms with Crippen LogP contribution in [0.2, 0.25) is 10.0 Å². The number of benzene rings is 2. The Hall–Kier alpha value is -2.64. The molecule has 2 aromatic rings. The third-order valence-electron chi connectivity index (χ3n) is 4.01. The maximum atomic E-state index is 13.6. The molecule has 4 amide bonds. The van der Waals surface area contributed by atoms with Crippen LogP contribution in [0.5, 0.6) is 0 Å². The summed E-state index contributed by atoms with van der Waals surface area (Å²) in [7, 11) is 0. The van der Waals surface area contributed by atoms with Gasteiger partial charge in [0, 0.05) is 0 Å². The summed E-state index contributed by atoms with van der Waals surface area (Å²) in [6.07, 6.45) is 0. The largest absolute Gasteiger partial charge is 0.344 e. The second-order valence-corrected chi connectivity index (χ2v) is 6.56. The van der Waals surface area contributed by atoms with Crippen LogP contribution < -0.4 is 10.7 Å². The zero-order valence-electron chi connectivity index (χ0n) is 13.3. The molecule has 0 spiro atoms. The summed E-state index contributed by atoms with van der Waals surface area (Å²) in [5.41, 5.74) is 1.08. The molecule has 0 bridgehead atoms. The number of nitrogens with one attached hydrogen (secondary N) is 2. The van der Waals surface area contributed by atoms with Crippen molar-refractivity contribution in [3.63, 3.8) is 0 Å². The Labute approximate surface area is 157 Å². The molecule has 2 N–H and O–H groups in total. The predicted octanol–water partition coefficient (Wildman–Crippen LogP) is 3.24. The molecule has 1 heterocycles. The van der Waals surface area contributed by atoms with Crippen LogP contribution in [0.3, 0.4) is 0 Å². The van der Waals surface area contributed by atoms with Crippen LogP contribution in [0.25, 0.3) is 0 Å². The van der Waals surface area contributed by atoms with E-state index >= 15 is 0 Å². The standard InChI is InChI=1S/C17H12Cl2FN3O3/c1-17(9-5-3-2-4-6-9)15(25)23(16(26)21-17)22-14(24)10-7-13(20)12(19)8-11(10)18/h2-8H,1H3,(H,21,26)(H,22,24). The number of rotatable bonds is 3. The van der Waals surface area contributed by atoms with Crippen molar-refractivity contribution in [1.29, 1.82) is 0 Å². The highest BCUT2D eigenvalue weighted by atomic mass is 35.5. The molecule has 1 aliphatic rings. The van der Waals surface area contributed by atoms with Crippen LogP contribution in [-0.2, 0) is 10.3 Å². The van der Waals surface area contributed by atoms with Crippen LogP contribution in [-0.4, -0.2) is 22.9 Å². The van der Waals surface area contributed by atoms with Gasteiger partial charge in [0.05, 0.1) is 15.6 Å². The fraction of sp³-hybridized carbons (Fsp3) is 0.118. The number of halogens is 3. The number of carbonyl (C=O) groups is 3. The van der Waals surface area contributed by atoms with E-state index in [1.54, 1.807) is 30.3 Å². The van der Waals surface area contributed by atoms with Crippen molar-refractivity contribution in [3.8, 4) is 0 Å². The first kappa shape index (κ1) is 18.2. The van der Waals surface area contributed by atoms with Gasteiger partial charge in [-0.3, -0.25) is 15.0 Å². The molecule has 0 saturated carbocycles. The van der Waals surface area contributed by atoms with Crippen LogP contribution in [0.4, 0.5) is 9.18 Å². The van der Waals surface area contributed by atoms with Gasteiger partial charge in [0.1, 0.15) is 11.4 Å². The van der Waals surface area contributed by atoms with E-state index in [0.717, 1.165) is 12.1 Å². The van der Waals surface area contributed by atoms with Gasteiger partial charge < -0.3 is 5.32 Å². The van der Waals surface area contributed by atoms with Gasteiger partial charge in [0.2, 0.25) is 0 Å². The molecule has 2 aromatic carbocycles. The summed E-state index contributed by atoms with van der Waals surface area (Å²) in [5.74, 6) is -2.47. The SMILES string of the molecule is CC1(c2ccccc2)NC(=O)N(NC(=O)c2cc(F)c(Cl)cc2Cl)C1=O. The van der Waals surface area contributed by atoms with Gasteiger partial charge in [0.15, 0.2) is 0 Å². The van der Waals surface area contributed by atoms with Crippen molar-refractivity contribution in [2.45, 2.75) is 12.5 Å². The molecule has 134 valence electrons. The number of hydrogen-bond acceptors (Lipinski definition) is 3. The van der Waals surface area contributed by atoms with Gasteiger partial charge >= 0.3 is 6.03 Å². The molecule has 1 unspecified atom stereocenters. The summed E-state index contributed by atoms with van der Waals surface area (Å²) in [4.78, 5) is 37.3. The summed E-state index contributed by atoms with van der Waals surface area (Å²) in [6.45, 7) is 1.52. The van der Waals surface area contributed by atoms with Crippen LogP contribution in [0.15, 0.2) is 42.5 Å². The lowest BCUT2D eigenvalue weighted by Gasteiger charge is -2.22. The first-order chi connectivity index (χ1) is 12.2. The Balaban J connectivity index is 1.87. The number of urea groups is 1. The molecule has 0 radical (unpaired) electrons. The first-order valence-corrected chi connectivity index (χ1v) is 8.17. The quantitative estimate of drug-likeness (QED) is 0.618. The fourth-order valence-corrected chi connectivity index (χ4v) is 3.04. The fourth-order valence-electron chi connectivity index (χ4n) is 2.57. The zero-order chi connectivity index (χ0) is 19.1. The number of hydrazine groups is 1. The summed E-state index contributed by atoms with van der Waals surface area (Å²) < 4.78 is 13.6. The van der Waals surface area contributed by atoms with Gasteiger partial charge in [-0.25, -0.2) is 9.18 Å². The van der Waals surface area contributed by atoms with E-state index in [9.17, 15) is 18.8 Å². The van der Waals surface area contributed by atoms with Crippen molar-refractivity contribution in [2.75, 3.05) is 0 Å². The Kier molecular flexibility index (Phi) is 4.60. The molecule has 6 nitrogen and oxygen atoms in total. The second kappa shape index (κ2) is 6.59. The van der Waals surface area contributed by atoms with Gasteiger partial charge in [-0.1, -0.05) is 53.5 Å². The average molecular weight is 396 g/mol. The van der Waals surface area contributed by atoms with E-state index in [-0.39, 0.29) is 15.6 Å². The van der Waals surface area contributed by atoms with Crippen molar-refractivity contribution in [3.05, 3.63) is 69.5 Å². The third-order valence-corrected chi connectivity index (χ3v) is 4.61. The first-order valence-electron chi connectivity index (χ1n) is 7.42. The highest BCUT2D eigenvalue weighted by molar-refractivity contribution is 6.36. The molecule has 0 aliphatic carbocycles. The van der Waals surface area contributed by atoms with E-state index in [1.165, 1.54) is 6.92 Å². The van der Waals surface area contributed by atoms with Crippen molar-refractivity contribution in [1.82, 2.24) is 15.8 Å². The highest BCUT2D eigenvalue weighted by Gasteiger charge is 2.50. The third kappa shape index (κ3) is 3.00. The van der Waals surface area contributed by atoms with Crippen molar-refractivity contribution in [2.24, 2.45) is 0 Å². The minimum Gasteiger partial charge on any atom is -0.318 e. The molecular weight excluding hydrogens is 384 g/mol. The van der Waals surface area contributed by atoms with E-state index < -0.39 is 29.2 Å². The Bertz CT molecular complexity index is 923. The Morgan fingerprint density at radius 3 is 2.46 bits per heavy atom. The minimum atomic E-state index is -1.35. The molecule has 1 fully saturated rings. The number of imide groups is 1. The molecule has 9 heteroatoms. The number of hydrogen-bond donors (Lipinski definition) is 2. The molecular formula is C17H12Cl2FN3O3. The molecule has 1 atom stereocenters. The lowest BCUT2D eigenvalue weighted by Crippen LogP contribution is -2.48. The average Bonchev–Trinajstić information content (AvgIpc) is 2.83. The Morgan fingerprint density at radius 1 is 1.15 bits per heavy atom. The summed E-state index contributed by atoms with van der Waals surface area (Å²) in [5, 5.41) is 2.70. The topological polar surface area (TPSA) is 78.5 Å². The van der Waals surface area contributed by atoms with E-state index in [4.69, 9.17) is 23.2 Å². The van der Waals surface area contributed by atoms with Gasteiger partial charge in [0.25, 0.3) is 11.8 Å². The normalized spacial score (nSPS) is 19.5. The predicted molar refractivity (Wildman–Crippen MR) is 93.1 cm³/mol. The number of amides is 4. The van der Waals surface area contributed by atoms with Gasteiger partial charge in [-0.2, -0.15) is 5.01 Å². The van der Waals surface area contributed by atoms with Crippen LogP contribution in [0.1, 0.15) is 22.8 Å². The maximum absolute atomic E-state index is 13.6. The molecule has 1 saturated heterocycles. The highest BCUT2D eigenvalue weighted by Crippen LogP contribution is 2.28. The lowest BCUT2D eigenvalue weighted by atomic mass is 9.92. The molecule has 0 aromatic heterocycles. The Morgan fingerprint density at radius 2 is 1.81 bits per heavy atom. The molecule has 26 heavy (non-hydrogen) atoms. The molecule has 3 rings (SSSR count). The summed E-state index contributed by atoms with van der Waals surface area (Å²) >= 11 is 11.5. The minimum absolute atomic E-state index is 0.119. The van der Waals surface area contributed by atoms with Gasteiger partial charge in [-0.05, 0) is 24.6 Å². The van der Waals surface area contributed by atoms with Crippen LogP contribution >= 0.6 is 23.2 Å². The van der Waals surface area contributed by atoms with E-state index in [0.29, 0.717) is 10.6 Å². The monoisotopic (exact) mass is 395 g/mol. The zero-order valence-corrected chi connectivity index (χ0v) is 14.9. The van der Waals surface area contributed by atoms with Crippen LogP contribution in [0, 0.1) is 5.82 Å². The van der Waals surface area contributed by atoms with Crippen molar-refractivity contribution < 1.29 is 18.8 Å². The van der Waals surface area contributed by atoms with E-state index in [1.807, 2.05) is 0 Å². The second-order valence-electron chi connectivity index (χ2n) is 5.75. The molecule has 1 aliphatic heterocycles. The summed E-state index contributed by atoms with van der Waals surface area (Å²) in [6, 6.07) is 9.63. The van der Waals surface area contributed by atoms with E-state index in [2.05, 4.69) is 10.7 Å².